The van der Waals surface area contributed by atoms with Gasteiger partial charge < -0.3 is 15.0 Å². The van der Waals surface area contributed by atoms with Gasteiger partial charge >= 0.3 is 6.09 Å². The summed E-state index contributed by atoms with van der Waals surface area (Å²) in [6.07, 6.45) is -0.308. The van der Waals surface area contributed by atoms with Gasteiger partial charge in [0.05, 0.1) is 38.5 Å². The van der Waals surface area contributed by atoms with Crippen LogP contribution in [0.4, 0.5) is 14.9 Å². The molecule has 1 saturated heterocycles. The van der Waals surface area contributed by atoms with E-state index < -0.39 is 5.82 Å². The maximum Gasteiger partial charge on any atom is 0.410 e. The van der Waals surface area contributed by atoms with Crippen LogP contribution in [0.1, 0.15) is 6.92 Å². The fourth-order valence-corrected chi connectivity index (χ4v) is 2.38. The Balaban J connectivity index is 1.77. The van der Waals surface area contributed by atoms with E-state index in [1.165, 1.54) is 12.1 Å². The van der Waals surface area contributed by atoms with Crippen molar-refractivity contribution in [1.82, 2.24) is 4.90 Å². The lowest BCUT2D eigenvalue weighted by Crippen LogP contribution is -3.15. The molecule has 0 saturated carbocycles. The minimum Gasteiger partial charge on any atom is -0.450 e. The highest BCUT2D eigenvalue weighted by Crippen LogP contribution is 2.11. The largest absolute Gasteiger partial charge is 0.450 e. The third kappa shape index (κ3) is 4.42. The highest BCUT2D eigenvalue weighted by atomic mass is 19.1. The normalized spacial score (nSPS) is 15.5. The van der Waals surface area contributed by atoms with Gasteiger partial charge in [-0.25, -0.2) is 9.18 Å². The smallest absolute Gasteiger partial charge is 0.410 e. The molecule has 0 bridgehead atoms. The highest BCUT2D eigenvalue weighted by molar-refractivity contribution is 5.91. The molecular weight excluding hydrogens is 289 g/mol. The van der Waals surface area contributed by atoms with Crippen molar-refractivity contribution in [3.8, 4) is 0 Å². The molecule has 0 atom stereocenters. The number of rotatable bonds is 4. The number of piperazine rings is 1. The fourth-order valence-electron chi connectivity index (χ4n) is 2.38. The Labute approximate surface area is 128 Å². The predicted molar refractivity (Wildman–Crippen MR) is 79.2 cm³/mol. The van der Waals surface area contributed by atoms with Crippen molar-refractivity contribution in [2.75, 3.05) is 44.6 Å². The van der Waals surface area contributed by atoms with Gasteiger partial charge in [-0.3, -0.25) is 9.69 Å². The van der Waals surface area contributed by atoms with Gasteiger partial charge in [0, 0.05) is 0 Å². The van der Waals surface area contributed by atoms with Gasteiger partial charge in [0.25, 0.3) is 5.91 Å². The molecule has 2 rings (SSSR count). The van der Waals surface area contributed by atoms with E-state index in [9.17, 15) is 14.0 Å². The average Bonchev–Trinajstić information content (AvgIpc) is 2.50. The average molecular weight is 310 g/mol. The first kappa shape index (κ1) is 16.2. The molecular formula is C15H21FN3O3+. The molecule has 0 aliphatic carbocycles. The molecule has 0 radical (unpaired) electrons. The molecule has 1 aromatic rings. The van der Waals surface area contributed by atoms with Crippen LogP contribution < -0.4 is 10.2 Å². The summed E-state index contributed by atoms with van der Waals surface area (Å²) in [6, 6.07) is 6.08. The molecule has 7 heteroatoms. The molecule has 1 heterocycles. The van der Waals surface area contributed by atoms with E-state index in [2.05, 4.69) is 5.32 Å². The van der Waals surface area contributed by atoms with E-state index in [0.29, 0.717) is 32.8 Å². The van der Waals surface area contributed by atoms with Crippen LogP contribution in [0.2, 0.25) is 0 Å². The molecule has 1 aromatic carbocycles. The summed E-state index contributed by atoms with van der Waals surface area (Å²) in [7, 11) is 0. The third-order valence-corrected chi connectivity index (χ3v) is 3.56. The van der Waals surface area contributed by atoms with Crippen LogP contribution in [0.25, 0.3) is 0 Å². The number of anilines is 1. The predicted octanol–water partition coefficient (Wildman–Crippen LogP) is 0.121. The first-order valence-corrected chi connectivity index (χ1v) is 7.39. The van der Waals surface area contributed by atoms with E-state index in [1.807, 2.05) is 0 Å². The number of nitrogens with one attached hydrogen (secondary N) is 2. The summed E-state index contributed by atoms with van der Waals surface area (Å²) in [4.78, 5) is 26.2. The van der Waals surface area contributed by atoms with Crippen molar-refractivity contribution in [2.24, 2.45) is 0 Å². The van der Waals surface area contributed by atoms with Crippen LogP contribution in [0, 0.1) is 5.82 Å². The number of quaternary nitrogens is 1. The number of amides is 2. The lowest BCUT2D eigenvalue weighted by Gasteiger charge is -2.31. The second-order valence-electron chi connectivity index (χ2n) is 5.14. The molecule has 2 amide bonds. The number of carbonyl (C=O) groups excluding carboxylic acids is 2. The molecule has 120 valence electrons. The lowest BCUT2D eigenvalue weighted by molar-refractivity contribution is -0.895. The SMILES string of the molecule is CCOC(=O)N1CC[NH+](CC(=O)Nc2ccccc2F)CC1. The number of hydrogen-bond acceptors (Lipinski definition) is 3. The summed E-state index contributed by atoms with van der Waals surface area (Å²) < 4.78 is 18.4. The van der Waals surface area contributed by atoms with Crippen molar-refractivity contribution in [3.63, 3.8) is 0 Å². The number of para-hydroxylation sites is 1. The van der Waals surface area contributed by atoms with Gasteiger partial charge in [0.2, 0.25) is 0 Å². The summed E-state index contributed by atoms with van der Waals surface area (Å²) in [6.45, 7) is 4.84. The van der Waals surface area contributed by atoms with Gasteiger partial charge in [0.15, 0.2) is 6.54 Å². The van der Waals surface area contributed by atoms with Crippen molar-refractivity contribution in [3.05, 3.63) is 30.1 Å². The van der Waals surface area contributed by atoms with Gasteiger partial charge in [-0.05, 0) is 19.1 Å². The Morgan fingerprint density at radius 3 is 2.64 bits per heavy atom. The van der Waals surface area contributed by atoms with Crippen LogP contribution in [0.3, 0.4) is 0 Å². The number of carbonyl (C=O) groups is 2. The summed E-state index contributed by atoms with van der Waals surface area (Å²) in [5.41, 5.74) is 0.192. The summed E-state index contributed by atoms with van der Waals surface area (Å²) >= 11 is 0. The first-order chi connectivity index (χ1) is 10.6. The van der Waals surface area contributed by atoms with E-state index in [0.717, 1.165) is 4.90 Å². The van der Waals surface area contributed by atoms with E-state index in [1.54, 1.807) is 24.0 Å². The summed E-state index contributed by atoms with van der Waals surface area (Å²) in [5, 5.41) is 2.57. The standard InChI is InChI=1S/C15H20FN3O3/c1-2-22-15(21)19-9-7-18(8-10-19)11-14(20)17-13-6-4-3-5-12(13)16/h3-6H,2,7-11H2,1H3,(H,17,20)/p+1. The number of benzene rings is 1. The van der Waals surface area contributed by atoms with Crippen LogP contribution >= 0.6 is 0 Å². The van der Waals surface area contributed by atoms with Crippen molar-refractivity contribution < 1.29 is 23.6 Å². The second-order valence-corrected chi connectivity index (χ2v) is 5.14. The van der Waals surface area contributed by atoms with Crippen LogP contribution in [-0.4, -0.2) is 56.2 Å². The molecule has 6 nitrogen and oxygen atoms in total. The van der Waals surface area contributed by atoms with Gasteiger partial charge in [-0.1, -0.05) is 12.1 Å². The van der Waals surface area contributed by atoms with Gasteiger partial charge in [0.1, 0.15) is 5.82 Å². The zero-order valence-corrected chi connectivity index (χ0v) is 12.6. The number of ether oxygens (including phenoxy) is 1. The third-order valence-electron chi connectivity index (χ3n) is 3.56. The topological polar surface area (TPSA) is 63.1 Å². The molecule has 22 heavy (non-hydrogen) atoms. The highest BCUT2D eigenvalue weighted by Gasteiger charge is 2.26. The zero-order valence-electron chi connectivity index (χ0n) is 12.6. The zero-order chi connectivity index (χ0) is 15.9. The van der Waals surface area contributed by atoms with Gasteiger partial charge in [-0.2, -0.15) is 0 Å². The lowest BCUT2D eigenvalue weighted by atomic mass is 10.3. The van der Waals surface area contributed by atoms with Crippen LogP contribution in [-0.2, 0) is 9.53 Å². The maximum absolute atomic E-state index is 13.5. The number of hydrogen-bond donors (Lipinski definition) is 2. The van der Waals surface area contributed by atoms with Crippen LogP contribution in [0.15, 0.2) is 24.3 Å². The maximum atomic E-state index is 13.5. The van der Waals surface area contributed by atoms with Crippen molar-refractivity contribution >= 4 is 17.7 Å². The quantitative estimate of drug-likeness (QED) is 0.830. The molecule has 2 N–H and O–H groups in total. The van der Waals surface area contributed by atoms with E-state index >= 15 is 0 Å². The molecule has 1 aliphatic rings. The molecule has 1 aliphatic heterocycles. The Kier molecular flexibility index (Phi) is 5.71. The Morgan fingerprint density at radius 2 is 2.00 bits per heavy atom. The van der Waals surface area contributed by atoms with Gasteiger partial charge in [-0.15, -0.1) is 0 Å². The Morgan fingerprint density at radius 1 is 1.32 bits per heavy atom. The first-order valence-electron chi connectivity index (χ1n) is 7.39. The molecule has 0 unspecified atom stereocenters. The molecule has 0 aromatic heterocycles. The monoisotopic (exact) mass is 310 g/mol. The van der Waals surface area contributed by atoms with Crippen molar-refractivity contribution in [1.29, 1.82) is 0 Å². The second kappa shape index (κ2) is 7.74. The minimum absolute atomic E-state index is 0.192. The minimum atomic E-state index is -0.446. The number of halogens is 1. The summed E-state index contributed by atoms with van der Waals surface area (Å²) in [5.74, 6) is -0.678. The molecule has 0 spiro atoms. The Hall–Kier alpha value is -2.15. The number of nitrogens with zero attached hydrogens (tertiary/aromatic N) is 1. The van der Waals surface area contributed by atoms with E-state index in [-0.39, 0.29) is 24.2 Å². The Bertz CT molecular complexity index is 531. The van der Waals surface area contributed by atoms with E-state index in [4.69, 9.17) is 4.74 Å². The van der Waals surface area contributed by atoms with Crippen molar-refractivity contribution in [2.45, 2.75) is 6.92 Å². The molecule has 1 fully saturated rings. The fraction of sp³-hybridized carbons (Fsp3) is 0.467. The van der Waals surface area contributed by atoms with Crippen LogP contribution in [0.5, 0.6) is 0 Å².